The highest BCUT2D eigenvalue weighted by atomic mass is 16.6. The first-order valence-electron chi connectivity index (χ1n) is 5.99. The second kappa shape index (κ2) is 5.38. The lowest BCUT2D eigenvalue weighted by molar-refractivity contribution is -0.138. The van der Waals surface area contributed by atoms with Crippen LogP contribution >= 0.6 is 0 Å². The molecule has 1 amide bonds. The molecule has 1 fully saturated rings. The quantitative estimate of drug-likeness (QED) is 0.796. The first-order valence-corrected chi connectivity index (χ1v) is 5.99. The maximum Gasteiger partial charge on any atom is 0.407 e. The van der Waals surface area contributed by atoms with E-state index in [0.29, 0.717) is 0 Å². The number of alkyl carbamates (subject to hydrolysis) is 1. The van der Waals surface area contributed by atoms with Crippen LogP contribution in [0.4, 0.5) is 4.79 Å². The number of hydrogen-bond acceptors (Lipinski definition) is 3. The number of aliphatic carboxylic acids is 1. The first-order chi connectivity index (χ1) is 7.78. The third-order valence-electron chi connectivity index (χ3n) is 2.80. The zero-order valence-electron chi connectivity index (χ0n) is 10.7. The van der Waals surface area contributed by atoms with Crippen LogP contribution in [0.25, 0.3) is 0 Å². The highest BCUT2D eigenvalue weighted by Gasteiger charge is 2.31. The van der Waals surface area contributed by atoms with Gasteiger partial charge in [-0.05, 0) is 39.5 Å². The molecule has 5 heteroatoms. The topological polar surface area (TPSA) is 75.6 Å². The summed E-state index contributed by atoms with van der Waals surface area (Å²) in [6.07, 6.45) is 2.29. The Morgan fingerprint density at radius 2 is 2.00 bits per heavy atom. The van der Waals surface area contributed by atoms with Gasteiger partial charge in [-0.3, -0.25) is 4.79 Å². The van der Waals surface area contributed by atoms with Gasteiger partial charge in [-0.1, -0.05) is 6.42 Å². The molecule has 2 N–H and O–H groups in total. The molecule has 1 saturated carbocycles. The first kappa shape index (κ1) is 13.8. The van der Waals surface area contributed by atoms with Crippen molar-refractivity contribution in [2.24, 2.45) is 5.92 Å². The van der Waals surface area contributed by atoms with Crippen LogP contribution in [0.1, 0.15) is 46.5 Å². The van der Waals surface area contributed by atoms with Gasteiger partial charge in [0.25, 0.3) is 0 Å². The van der Waals surface area contributed by atoms with Crippen molar-refractivity contribution in [2.45, 2.75) is 58.1 Å². The molecule has 0 bridgehead atoms. The predicted octanol–water partition coefficient (Wildman–Crippen LogP) is 2.15. The van der Waals surface area contributed by atoms with Crippen molar-refractivity contribution in [1.29, 1.82) is 0 Å². The van der Waals surface area contributed by atoms with Gasteiger partial charge in [-0.25, -0.2) is 4.79 Å². The van der Waals surface area contributed by atoms with Crippen LogP contribution in [-0.2, 0) is 9.53 Å². The zero-order chi connectivity index (χ0) is 13.1. The molecule has 1 aliphatic carbocycles. The summed E-state index contributed by atoms with van der Waals surface area (Å²) >= 11 is 0. The van der Waals surface area contributed by atoms with E-state index in [2.05, 4.69) is 5.32 Å². The lowest BCUT2D eigenvalue weighted by Gasteiger charge is -2.24. The van der Waals surface area contributed by atoms with E-state index in [-0.39, 0.29) is 18.4 Å². The molecule has 0 spiro atoms. The van der Waals surface area contributed by atoms with Gasteiger partial charge in [0, 0.05) is 6.04 Å². The number of hydrogen-bond donors (Lipinski definition) is 2. The Labute approximate surface area is 102 Å². The van der Waals surface area contributed by atoms with Gasteiger partial charge >= 0.3 is 12.1 Å². The van der Waals surface area contributed by atoms with Gasteiger partial charge in [0.2, 0.25) is 0 Å². The molecular formula is C12H21NO4. The van der Waals surface area contributed by atoms with Crippen molar-refractivity contribution >= 4 is 12.1 Å². The van der Waals surface area contributed by atoms with Crippen molar-refractivity contribution in [2.75, 3.05) is 0 Å². The van der Waals surface area contributed by atoms with E-state index in [1.165, 1.54) is 0 Å². The third-order valence-corrected chi connectivity index (χ3v) is 2.80. The van der Waals surface area contributed by atoms with Crippen LogP contribution in [-0.4, -0.2) is 28.8 Å². The molecule has 5 nitrogen and oxygen atoms in total. The van der Waals surface area contributed by atoms with Gasteiger partial charge in [0.05, 0.1) is 6.42 Å². The number of amides is 1. The fourth-order valence-electron chi connectivity index (χ4n) is 2.15. The molecule has 98 valence electrons. The molecule has 1 aliphatic rings. The van der Waals surface area contributed by atoms with E-state index in [1.807, 2.05) is 0 Å². The minimum absolute atomic E-state index is 0.0278. The Morgan fingerprint density at radius 1 is 1.35 bits per heavy atom. The standard InChI is InChI=1S/C12H21NO4/c1-12(2,3)17-11(16)13-9-6-4-5-8(9)7-10(14)15/h8-9H,4-7H2,1-3H3,(H,13,16)(H,14,15)/t8-,9-/m1/s1. The van der Waals surface area contributed by atoms with Gasteiger partial charge in [-0.15, -0.1) is 0 Å². The van der Waals surface area contributed by atoms with Crippen molar-refractivity contribution in [1.82, 2.24) is 5.32 Å². The van der Waals surface area contributed by atoms with Gasteiger partial charge in [-0.2, -0.15) is 0 Å². The molecule has 0 aromatic rings. The van der Waals surface area contributed by atoms with Crippen molar-refractivity contribution in [3.8, 4) is 0 Å². The predicted molar refractivity (Wildman–Crippen MR) is 62.8 cm³/mol. The summed E-state index contributed by atoms with van der Waals surface area (Å²) in [6.45, 7) is 5.40. The molecule has 0 aromatic heterocycles. The largest absolute Gasteiger partial charge is 0.481 e. The number of carboxylic acids is 1. The van der Waals surface area contributed by atoms with Crippen molar-refractivity contribution in [3.05, 3.63) is 0 Å². The van der Waals surface area contributed by atoms with Crippen molar-refractivity contribution < 1.29 is 19.4 Å². The molecule has 0 unspecified atom stereocenters. The lowest BCUT2D eigenvalue weighted by atomic mass is 10.00. The minimum atomic E-state index is -0.812. The number of carbonyl (C=O) groups excluding carboxylic acids is 1. The molecule has 0 saturated heterocycles. The third kappa shape index (κ3) is 5.06. The van der Waals surface area contributed by atoms with E-state index in [9.17, 15) is 9.59 Å². The Morgan fingerprint density at radius 3 is 2.53 bits per heavy atom. The summed E-state index contributed by atoms with van der Waals surface area (Å²) < 4.78 is 5.16. The summed E-state index contributed by atoms with van der Waals surface area (Å²) in [7, 11) is 0. The zero-order valence-corrected chi connectivity index (χ0v) is 10.7. The number of ether oxygens (including phenoxy) is 1. The fourth-order valence-corrected chi connectivity index (χ4v) is 2.15. The van der Waals surface area contributed by atoms with Crippen LogP contribution in [0.3, 0.4) is 0 Å². The summed E-state index contributed by atoms with van der Waals surface area (Å²) in [6, 6.07) is -0.0686. The molecule has 2 atom stereocenters. The Balaban J connectivity index is 2.44. The average Bonchev–Trinajstić information content (AvgIpc) is 2.47. The maximum absolute atomic E-state index is 11.6. The van der Waals surface area contributed by atoms with Crippen LogP contribution < -0.4 is 5.32 Å². The summed E-state index contributed by atoms with van der Waals surface area (Å²) in [5.74, 6) is -0.784. The second-order valence-electron chi connectivity index (χ2n) is 5.54. The van der Waals surface area contributed by atoms with E-state index < -0.39 is 17.7 Å². The minimum Gasteiger partial charge on any atom is -0.481 e. The second-order valence-corrected chi connectivity index (χ2v) is 5.54. The molecule has 1 rings (SSSR count). The van der Waals surface area contributed by atoms with Gasteiger partial charge in [0.1, 0.15) is 5.60 Å². The van der Waals surface area contributed by atoms with Crippen LogP contribution in [0.2, 0.25) is 0 Å². The Kier molecular flexibility index (Phi) is 4.37. The summed E-state index contributed by atoms with van der Waals surface area (Å²) in [5, 5.41) is 11.5. The number of nitrogens with one attached hydrogen (secondary N) is 1. The molecule has 0 radical (unpaired) electrons. The Hall–Kier alpha value is -1.26. The fraction of sp³-hybridized carbons (Fsp3) is 0.833. The number of carboxylic acid groups (broad SMARTS) is 1. The van der Waals surface area contributed by atoms with Crippen molar-refractivity contribution in [3.63, 3.8) is 0 Å². The molecule has 0 heterocycles. The maximum atomic E-state index is 11.6. The highest BCUT2D eigenvalue weighted by Crippen LogP contribution is 2.28. The summed E-state index contributed by atoms with van der Waals surface area (Å²) in [5.41, 5.74) is -0.523. The van der Waals surface area contributed by atoms with E-state index in [0.717, 1.165) is 19.3 Å². The SMILES string of the molecule is CC(C)(C)OC(=O)N[C@@H]1CCC[C@@H]1CC(=O)O. The number of rotatable bonds is 3. The van der Waals surface area contributed by atoms with Crippen LogP contribution in [0, 0.1) is 5.92 Å². The van der Waals surface area contributed by atoms with E-state index in [1.54, 1.807) is 20.8 Å². The monoisotopic (exact) mass is 243 g/mol. The molecule has 17 heavy (non-hydrogen) atoms. The smallest absolute Gasteiger partial charge is 0.407 e. The van der Waals surface area contributed by atoms with Crippen LogP contribution in [0.5, 0.6) is 0 Å². The Bertz CT molecular complexity index is 295. The molecular weight excluding hydrogens is 222 g/mol. The average molecular weight is 243 g/mol. The van der Waals surface area contributed by atoms with Crippen LogP contribution in [0.15, 0.2) is 0 Å². The molecule has 0 aromatic carbocycles. The van der Waals surface area contributed by atoms with Gasteiger partial charge in [0.15, 0.2) is 0 Å². The normalized spacial score (nSPS) is 24.4. The highest BCUT2D eigenvalue weighted by molar-refractivity contribution is 5.69. The van der Waals surface area contributed by atoms with E-state index >= 15 is 0 Å². The molecule has 0 aliphatic heterocycles. The lowest BCUT2D eigenvalue weighted by Crippen LogP contribution is -2.41. The van der Waals surface area contributed by atoms with Gasteiger partial charge < -0.3 is 15.2 Å². The number of carbonyl (C=O) groups is 2. The summed E-state index contributed by atoms with van der Waals surface area (Å²) in [4.78, 5) is 22.2. The van der Waals surface area contributed by atoms with E-state index in [4.69, 9.17) is 9.84 Å².